The molecule has 2 amide bonds. The second kappa shape index (κ2) is 8.98. The summed E-state index contributed by atoms with van der Waals surface area (Å²) in [5.41, 5.74) is 0.979. The molecule has 2 aromatic rings. The summed E-state index contributed by atoms with van der Waals surface area (Å²) in [6.45, 7) is 2.82. The maximum Gasteiger partial charge on any atom is 0.243 e. The van der Waals surface area contributed by atoms with Gasteiger partial charge < -0.3 is 10.6 Å². The van der Waals surface area contributed by atoms with Gasteiger partial charge in [-0.05, 0) is 42.5 Å². The van der Waals surface area contributed by atoms with E-state index in [2.05, 4.69) is 10.6 Å². The molecule has 0 saturated carbocycles. The molecule has 0 aliphatic heterocycles. The molecule has 0 heterocycles. The Balaban J connectivity index is 2.10. The van der Waals surface area contributed by atoms with Gasteiger partial charge >= 0.3 is 0 Å². The van der Waals surface area contributed by atoms with Gasteiger partial charge in [0.05, 0.1) is 11.4 Å². The maximum absolute atomic E-state index is 12.7. The molecule has 27 heavy (non-hydrogen) atoms. The first-order valence-corrected chi connectivity index (χ1v) is 9.97. The number of hydrogen-bond acceptors (Lipinski definition) is 4. The van der Waals surface area contributed by atoms with Crippen molar-refractivity contribution in [1.29, 1.82) is 0 Å². The molecular formula is C18H20ClN3O4S. The van der Waals surface area contributed by atoms with Crippen molar-refractivity contribution in [1.82, 2.24) is 4.31 Å². The van der Waals surface area contributed by atoms with Crippen LogP contribution in [0.25, 0.3) is 0 Å². The molecule has 144 valence electrons. The Morgan fingerprint density at radius 2 is 1.63 bits per heavy atom. The molecule has 0 bridgehead atoms. The first kappa shape index (κ1) is 20.9. The van der Waals surface area contributed by atoms with Crippen LogP contribution in [0.15, 0.2) is 53.4 Å². The summed E-state index contributed by atoms with van der Waals surface area (Å²) in [4.78, 5) is 23.5. The Hall–Kier alpha value is -2.42. The summed E-state index contributed by atoms with van der Waals surface area (Å²) in [6.07, 6.45) is 0. The van der Waals surface area contributed by atoms with Gasteiger partial charge in [-0.3, -0.25) is 9.59 Å². The third-order valence-electron chi connectivity index (χ3n) is 3.59. The van der Waals surface area contributed by atoms with E-state index in [1.54, 1.807) is 31.2 Å². The first-order chi connectivity index (χ1) is 12.7. The van der Waals surface area contributed by atoms with Gasteiger partial charge in [-0.1, -0.05) is 24.6 Å². The number of nitrogens with one attached hydrogen (secondary N) is 2. The lowest BCUT2D eigenvalue weighted by Gasteiger charge is -2.20. The molecular weight excluding hydrogens is 390 g/mol. The lowest BCUT2D eigenvalue weighted by molar-refractivity contribution is -0.116. The number of likely N-dealkylation sites (N-methyl/N-ethyl adjacent to an activating group) is 1. The minimum atomic E-state index is -3.82. The van der Waals surface area contributed by atoms with Crippen molar-refractivity contribution in [3.63, 3.8) is 0 Å². The van der Waals surface area contributed by atoms with Crippen LogP contribution in [0, 0.1) is 0 Å². The highest BCUT2D eigenvalue weighted by Gasteiger charge is 2.25. The van der Waals surface area contributed by atoms with Crippen LogP contribution >= 0.6 is 11.6 Å². The number of halogens is 1. The minimum absolute atomic E-state index is 0.0641. The van der Waals surface area contributed by atoms with E-state index >= 15 is 0 Å². The van der Waals surface area contributed by atoms with Crippen LogP contribution in [0.5, 0.6) is 0 Å². The highest BCUT2D eigenvalue weighted by atomic mass is 35.5. The van der Waals surface area contributed by atoms with Gasteiger partial charge in [-0.25, -0.2) is 8.42 Å². The molecule has 2 N–H and O–H groups in total. The summed E-state index contributed by atoms with van der Waals surface area (Å²) < 4.78 is 26.5. The van der Waals surface area contributed by atoms with Crippen LogP contribution in [0.1, 0.15) is 13.8 Å². The van der Waals surface area contributed by atoms with Crippen LogP contribution in [-0.4, -0.2) is 37.6 Å². The van der Waals surface area contributed by atoms with Crippen LogP contribution < -0.4 is 10.6 Å². The van der Waals surface area contributed by atoms with E-state index in [0.717, 1.165) is 4.31 Å². The molecule has 0 radical (unpaired) electrons. The summed E-state index contributed by atoms with van der Waals surface area (Å²) in [7, 11) is -3.82. The zero-order chi connectivity index (χ0) is 20.0. The van der Waals surface area contributed by atoms with E-state index in [0.29, 0.717) is 16.4 Å². The number of carbonyl (C=O) groups is 2. The van der Waals surface area contributed by atoms with Gasteiger partial charge in [-0.15, -0.1) is 0 Å². The fraction of sp³-hybridized carbons (Fsp3) is 0.222. The zero-order valence-corrected chi connectivity index (χ0v) is 16.5. The van der Waals surface area contributed by atoms with Gasteiger partial charge in [0.1, 0.15) is 0 Å². The highest BCUT2D eigenvalue weighted by molar-refractivity contribution is 7.89. The van der Waals surface area contributed by atoms with Gasteiger partial charge in [-0.2, -0.15) is 4.31 Å². The van der Waals surface area contributed by atoms with Gasteiger partial charge in [0, 0.05) is 29.9 Å². The van der Waals surface area contributed by atoms with Gasteiger partial charge in [0.15, 0.2) is 0 Å². The third-order valence-corrected chi connectivity index (χ3v) is 5.78. The van der Waals surface area contributed by atoms with E-state index in [4.69, 9.17) is 11.6 Å². The normalized spacial score (nSPS) is 11.3. The molecule has 0 unspecified atom stereocenters. The lowest BCUT2D eigenvalue weighted by atomic mass is 10.2. The SMILES string of the molecule is CCN(CC(=O)Nc1cccc(NC(C)=O)c1)S(=O)(=O)c1ccc(Cl)cc1. The second-order valence-corrected chi connectivity index (χ2v) is 8.07. The van der Waals surface area contributed by atoms with Crippen LogP contribution in [0.4, 0.5) is 11.4 Å². The Kier molecular flexibility index (Phi) is 6.95. The summed E-state index contributed by atoms with van der Waals surface area (Å²) in [5, 5.41) is 5.67. The van der Waals surface area contributed by atoms with Crippen molar-refractivity contribution in [2.45, 2.75) is 18.7 Å². The monoisotopic (exact) mass is 409 g/mol. The first-order valence-electron chi connectivity index (χ1n) is 8.15. The Morgan fingerprint density at radius 3 is 2.19 bits per heavy atom. The topological polar surface area (TPSA) is 95.6 Å². The van der Waals surface area contributed by atoms with Crippen LogP contribution in [-0.2, 0) is 19.6 Å². The van der Waals surface area contributed by atoms with E-state index in [9.17, 15) is 18.0 Å². The lowest BCUT2D eigenvalue weighted by Crippen LogP contribution is -2.37. The number of nitrogens with zero attached hydrogens (tertiary/aromatic N) is 1. The molecule has 0 aliphatic carbocycles. The number of hydrogen-bond donors (Lipinski definition) is 2. The molecule has 0 aliphatic rings. The van der Waals surface area contributed by atoms with E-state index < -0.39 is 15.9 Å². The minimum Gasteiger partial charge on any atom is -0.326 e. The van der Waals surface area contributed by atoms with Crippen LogP contribution in [0.3, 0.4) is 0 Å². The third kappa shape index (κ3) is 5.78. The van der Waals surface area contributed by atoms with Crippen molar-refractivity contribution in [3.8, 4) is 0 Å². The molecule has 2 aromatic carbocycles. The molecule has 0 saturated heterocycles. The molecule has 0 aromatic heterocycles. The van der Waals surface area contributed by atoms with E-state index in [1.165, 1.54) is 31.2 Å². The van der Waals surface area contributed by atoms with Crippen LogP contribution in [0.2, 0.25) is 5.02 Å². The quantitative estimate of drug-likeness (QED) is 0.734. The van der Waals surface area contributed by atoms with Gasteiger partial charge in [0.25, 0.3) is 0 Å². The Labute approximate surface area is 163 Å². The van der Waals surface area contributed by atoms with Crippen molar-refractivity contribution in [3.05, 3.63) is 53.6 Å². The number of anilines is 2. The second-order valence-electron chi connectivity index (χ2n) is 5.70. The fourth-order valence-electron chi connectivity index (χ4n) is 2.36. The number of benzene rings is 2. The zero-order valence-electron chi connectivity index (χ0n) is 14.9. The molecule has 0 fully saturated rings. The van der Waals surface area contributed by atoms with Crippen molar-refractivity contribution >= 4 is 44.8 Å². The van der Waals surface area contributed by atoms with Crippen molar-refractivity contribution < 1.29 is 18.0 Å². The highest BCUT2D eigenvalue weighted by Crippen LogP contribution is 2.19. The predicted molar refractivity (Wildman–Crippen MR) is 105 cm³/mol. The number of rotatable bonds is 7. The summed E-state index contributed by atoms with van der Waals surface area (Å²) >= 11 is 5.80. The largest absolute Gasteiger partial charge is 0.326 e. The molecule has 9 heteroatoms. The molecule has 0 atom stereocenters. The molecule has 2 rings (SSSR count). The maximum atomic E-state index is 12.7. The smallest absolute Gasteiger partial charge is 0.243 e. The average Bonchev–Trinajstić information content (AvgIpc) is 2.59. The Morgan fingerprint density at radius 1 is 1.04 bits per heavy atom. The molecule has 0 spiro atoms. The standard InChI is InChI=1S/C18H20ClN3O4S/c1-3-22(27(25,26)17-9-7-14(19)8-10-17)12-18(24)21-16-6-4-5-15(11-16)20-13(2)23/h4-11H,3,12H2,1-2H3,(H,20,23)(H,21,24). The number of sulfonamides is 1. The number of carbonyl (C=O) groups excluding carboxylic acids is 2. The molecule has 7 nitrogen and oxygen atoms in total. The summed E-state index contributed by atoms with van der Waals surface area (Å²) in [5.74, 6) is -0.723. The van der Waals surface area contributed by atoms with Gasteiger partial charge in [0.2, 0.25) is 21.8 Å². The van der Waals surface area contributed by atoms with Crippen molar-refractivity contribution in [2.75, 3.05) is 23.7 Å². The average molecular weight is 410 g/mol. The van der Waals surface area contributed by atoms with E-state index in [-0.39, 0.29) is 23.9 Å². The van der Waals surface area contributed by atoms with E-state index in [1.807, 2.05) is 0 Å². The fourth-order valence-corrected chi connectivity index (χ4v) is 3.89. The number of amides is 2. The Bertz CT molecular complexity index is 930. The van der Waals surface area contributed by atoms with Crippen molar-refractivity contribution in [2.24, 2.45) is 0 Å². The summed E-state index contributed by atoms with van der Waals surface area (Å²) in [6, 6.07) is 12.3. The predicted octanol–water partition coefficient (Wildman–Crippen LogP) is 2.95.